The van der Waals surface area contributed by atoms with Crippen molar-refractivity contribution in [2.75, 3.05) is 0 Å². The fourth-order valence-corrected chi connectivity index (χ4v) is 3.35. The zero-order chi connectivity index (χ0) is 21.8. The number of pyridine rings is 1. The van der Waals surface area contributed by atoms with Gasteiger partial charge in [0.15, 0.2) is 5.43 Å². The van der Waals surface area contributed by atoms with E-state index in [9.17, 15) is 14.0 Å². The first-order valence-corrected chi connectivity index (χ1v) is 9.69. The minimum Gasteiger partial charge on any atom is -0.478 e. The zero-order valence-electron chi connectivity index (χ0n) is 16.5. The van der Waals surface area contributed by atoms with Gasteiger partial charge in [-0.1, -0.05) is 36.1 Å². The van der Waals surface area contributed by atoms with Gasteiger partial charge >= 0.3 is 5.97 Å². The lowest BCUT2D eigenvalue weighted by Gasteiger charge is -2.05. The Morgan fingerprint density at radius 3 is 2.55 bits per heavy atom. The summed E-state index contributed by atoms with van der Waals surface area (Å²) in [5, 5.41) is 9.55. The number of aromatic amines is 1. The van der Waals surface area contributed by atoms with Gasteiger partial charge in [-0.25, -0.2) is 9.18 Å². The monoisotopic (exact) mass is 411 g/mol. The number of carboxylic acid groups (broad SMARTS) is 1. The number of hydrogen-bond donors (Lipinski definition) is 2. The molecule has 4 nitrogen and oxygen atoms in total. The molecule has 2 N–H and O–H groups in total. The van der Waals surface area contributed by atoms with Crippen LogP contribution in [0.2, 0.25) is 0 Å². The van der Waals surface area contributed by atoms with E-state index in [-0.39, 0.29) is 16.8 Å². The second-order valence-electron chi connectivity index (χ2n) is 7.19. The predicted octanol–water partition coefficient (Wildman–Crippen LogP) is 4.55. The molecule has 0 atom stereocenters. The summed E-state index contributed by atoms with van der Waals surface area (Å²) >= 11 is 0. The lowest BCUT2D eigenvalue weighted by Crippen LogP contribution is -2.11. The molecule has 4 aromatic rings. The highest BCUT2D eigenvalue weighted by atomic mass is 19.1. The Kier molecular flexibility index (Phi) is 5.63. The van der Waals surface area contributed by atoms with E-state index in [4.69, 9.17) is 5.11 Å². The molecule has 4 rings (SSSR count). The third-order valence-corrected chi connectivity index (χ3v) is 4.97. The standard InChI is InChI=1S/C26H18FNO3/c27-22-6-2-5-17(14-22)3-1-4-18-9-12-24-23(15-18)25(29)21(16-28-24)13-19-7-10-20(11-8-19)26(30)31/h2,5-12,14-16H,3,13H2,(H,28,29)(H,30,31). The number of aromatic nitrogens is 1. The summed E-state index contributed by atoms with van der Waals surface area (Å²) in [6.07, 6.45) is 2.49. The van der Waals surface area contributed by atoms with Gasteiger partial charge in [0.05, 0.1) is 5.56 Å². The van der Waals surface area contributed by atoms with Crippen LogP contribution in [0.1, 0.15) is 32.6 Å². The van der Waals surface area contributed by atoms with Crippen LogP contribution in [0.5, 0.6) is 0 Å². The normalized spacial score (nSPS) is 10.5. The molecule has 0 aliphatic heterocycles. The quantitative estimate of drug-likeness (QED) is 0.484. The number of carbonyl (C=O) groups is 1. The van der Waals surface area contributed by atoms with Crippen LogP contribution in [0.3, 0.4) is 0 Å². The van der Waals surface area contributed by atoms with Gasteiger partial charge < -0.3 is 10.1 Å². The van der Waals surface area contributed by atoms with Crippen molar-refractivity contribution in [1.29, 1.82) is 0 Å². The largest absolute Gasteiger partial charge is 0.478 e. The SMILES string of the molecule is O=C(O)c1ccc(Cc2c[nH]c3ccc(C#CCc4cccc(F)c4)cc3c2=O)cc1. The fraction of sp³-hybridized carbons (Fsp3) is 0.0769. The van der Waals surface area contributed by atoms with Crippen LogP contribution in [-0.2, 0) is 12.8 Å². The molecule has 0 spiro atoms. The highest BCUT2D eigenvalue weighted by Crippen LogP contribution is 2.14. The predicted molar refractivity (Wildman–Crippen MR) is 118 cm³/mol. The molecule has 0 fully saturated rings. The highest BCUT2D eigenvalue weighted by molar-refractivity contribution is 5.87. The molecule has 5 heteroatoms. The molecule has 0 aliphatic carbocycles. The van der Waals surface area contributed by atoms with Crippen molar-refractivity contribution >= 4 is 16.9 Å². The number of carboxylic acids is 1. The molecule has 1 heterocycles. The van der Waals surface area contributed by atoms with Crippen LogP contribution >= 0.6 is 0 Å². The van der Waals surface area contributed by atoms with E-state index >= 15 is 0 Å². The molecule has 3 aromatic carbocycles. The first kappa shape index (κ1) is 20.1. The van der Waals surface area contributed by atoms with Gasteiger partial charge in [-0.15, -0.1) is 0 Å². The Bertz CT molecular complexity index is 1390. The van der Waals surface area contributed by atoms with Crippen LogP contribution < -0.4 is 5.43 Å². The molecule has 0 bridgehead atoms. The van der Waals surface area contributed by atoms with Crippen molar-refractivity contribution < 1.29 is 14.3 Å². The van der Waals surface area contributed by atoms with Crippen LogP contribution in [0.4, 0.5) is 4.39 Å². The van der Waals surface area contributed by atoms with E-state index in [1.165, 1.54) is 24.3 Å². The van der Waals surface area contributed by atoms with E-state index < -0.39 is 5.97 Å². The maximum Gasteiger partial charge on any atom is 0.335 e. The topological polar surface area (TPSA) is 70.2 Å². The molecule has 31 heavy (non-hydrogen) atoms. The second-order valence-corrected chi connectivity index (χ2v) is 7.19. The first-order chi connectivity index (χ1) is 15.0. The molecule has 0 amide bonds. The minimum absolute atomic E-state index is 0.0927. The van der Waals surface area contributed by atoms with Crippen molar-refractivity contribution in [2.45, 2.75) is 12.8 Å². The van der Waals surface area contributed by atoms with Crippen LogP contribution in [0, 0.1) is 17.7 Å². The van der Waals surface area contributed by atoms with E-state index in [1.54, 1.807) is 30.5 Å². The summed E-state index contributed by atoms with van der Waals surface area (Å²) in [5.74, 6) is 4.78. The fourth-order valence-electron chi connectivity index (χ4n) is 3.35. The summed E-state index contributed by atoms with van der Waals surface area (Å²) in [5.41, 5.74) is 3.76. The van der Waals surface area contributed by atoms with Gasteiger partial charge in [-0.2, -0.15) is 0 Å². The molecule has 152 valence electrons. The van der Waals surface area contributed by atoms with E-state index in [0.29, 0.717) is 34.9 Å². The maximum absolute atomic E-state index is 13.3. The number of fused-ring (bicyclic) bond motifs is 1. The van der Waals surface area contributed by atoms with Gasteiger partial charge in [0, 0.05) is 41.1 Å². The van der Waals surface area contributed by atoms with Gasteiger partial charge in [0.25, 0.3) is 0 Å². The van der Waals surface area contributed by atoms with E-state index in [0.717, 1.165) is 11.1 Å². The summed E-state index contributed by atoms with van der Waals surface area (Å²) in [6, 6.07) is 18.2. The number of H-pyrrole nitrogens is 1. The Balaban J connectivity index is 1.59. The number of halogens is 1. The van der Waals surface area contributed by atoms with Gasteiger partial charge in [0.1, 0.15) is 5.82 Å². The third-order valence-electron chi connectivity index (χ3n) is 4.97. The molecule has 0 radical (unpaired) electrons. The molecule has 0 saturated carbocycles. The number of rotatable bonds is 4. The maximum atomic E-state index is 13.3. The molecular weight excluding hydrogens is 393 g/mol. The number of nitrogens with one attached hydrogen (secondary N) is 1. The molecular formula is C26H18FNO3. The average Bonchev–Trinajstić information content (AvgIpc) is 2.76. The van der Waals surface area contributed by atoms with Crippen molar-refractivity contribution in [3.05, 3.63) is 117 Å². The highest BCUT2D eigenvalue weighted by Gasteiger charge is 2.08. The van der Waals surface area contributed by atoms with Crippen molar-refractivity contribution in [2.24, 2.45) is 0 Å². The zero-order valence-corrected chi connectivity index (χ0v) is 16.5. The smallest absolute Gasteiger partial charge is 0.335 e. The molecule has 1 aromatic heterocycles. The minimum atomic E-state index is -0.985. The molecule has 0 saturated heterocycles. The first-order valence-electron chi connectivity index (χ1n) is 9.69. The van der Waals surface area contributed by atoms with Crippen molar-refractivity contribution in [1.82, 2.24) is 4.98 Å². The lowest BCUT2D eigenvalue weighted by molar-refractivity contribution is 0.0697. The van der Waals surface area contributed by atoms with Gasteiger partial charge in [-0.05, 0) is 53.6 Å². The number of benzene rings is 3. The third kappa shape index (κ3) is 4.71. The van der Waals surface area contributed by atoms with E-state index in [1.807, 2.05) is 18.2 Å². The Labute approximate surface area is 178 Å². The Morgan fingerprint density at radius 1 is 1.00 bits per heavy atom. The summed E-state index contributed by atoms with van der Waals surface area (Å²) in [6.45, 7) is 0. The lowest BCUT2D eigenvalue weighted by atomic mass is 10.0. The van der Waals surface area contributed by atoms with E-state index in [2.05, 4.69) is 16.8 Å². The van der Waals surface area contributed by atoms with Crippen LogP contribution in [0.15, 0.2) is 77.7 Å². The van der Waals surface area contributed by atoms with Crippen LogP contribution in [0.25, 0.3) is 10.9 Å². The number of hydrogen-bond acceptors (Lipinski definition) is 2. The average molecular weight is 411 g/mol. The molecule has 0 unspecified atom stereocenters. The van der Waals surface area contributed by atoms with Crippen molar-refractivity contribution in [3.63, 3.8) is 0 Å². The summed E-state index contributed by atoms with van der Waals surface area (Å²) < 4.78 is 13.3. The summed E-state index contributed by atoms with van der Waals surface area (Å²) in [4.78, 5) is 27.1. The van der Waals surface area contributed by atoms with Crippen molar-refractivity contribution in [3.8, 4) is 11.8 Å². The Morgan fingerprint density at radius 2 is 1.81 bits per heavy atom. The van der Waals surface area contributed by atoms with Gasteiger partial charge in [0.2, 0.25) is 0 Å². The molecule has 0 aliphatic rings. The Hall–Kier alpha value is -4.17. The number of aromatic carboxylic acids is 1. The van der Waals surface area contributed by atoms with Crippen LogP contribution in [-0.4, -0.2) is 16.1 Å². The van der Waals surface area contributed by atoms with Gasteiger partial charge in [-0.3, -0.25) is 4.79 Å². The second kappa shape index (κ2) is 8.68. The summed E-state index contributed by atoms with van der Waals surface area (Å²) in [7, 11) is 0.